The molecule has 4 heteroatoms. The fourth-order valence-electron chi connectivity index (χ4n) is 2.20. The highest BCUT2D eigenvalue weighted by molar-refractivity contribution is 5.94. The Balaban J connectivity index is 1.98. The molecule has 3 nitrogen and oxygen atoms in total. The summed E-state index contributed by atoms with van der Waals surface area (Å²) >= 11 is 0. The third-order valence-electron chi connectivity index (χ3n) is 3.19. The van der Waals surface area contributed by atoms with Crippen molar-refractivity contribution < 1.29 is 14.3 Å². The van der Waals surface area contributed by atoms with Gasteiger partial charge in [0.2, 0.25) is 0 Å². The third-order valence-corrected chi connectivity index (χ3v) is 3.19. The van der Waals surface area contributed by atoms with Gasteiger partial charge in [-0.15, -0.1) is 0 Å². The van der Waals surface area contributed by atoms with Gasteiger partial charge >= 0.3 is 0 Å². The van der Waals surface area contributed by atoms with Crippen molar-refractivity contribution >= 4 is 5.91 Å². The molecule has 0 heterocycles. The molecular formula is C17H18FNO2. The highest BCUT2D eigenvalue weighted by Gasteiger charge is 2.11. The van der Waals surface area contributed by atoms with Gasteiger partial charge in [-0.25, -0.2) is 4.39 Å². The number of halogens is 1. The summed E-state index contributed by atoms with van der Waals surface area (Å²) in [4.78, 5) is 12.1. The van der Waals surface area contributed by atoms with Crippen LogP contribution in [0.4, 0.5) is 4.39 Å². The van der Waals surface area contributed by atoms with Gasteiger partial charge in [-0.1, -0.05) is 29.3 Å². The Labute approximate surface area is 123 Å². The Kier molecular flexibility index (Phi) is 4.70. The molecule has 0 saturated carbocycles. The number of benzene rings is 2. The van der Waals surface area contributed by atoms with Crippen LogP contribution in [-0.4, -0.2) is 17.6 Å². The molecule has 21 heavy (non-hydrogen) atoms. The van der Waals surface area contributed by atoms with Crippen molar-refractivity contribution in [3.63, 3.8) is 0 Å². The van der Waals surface area contributed by atoms with Crippen molar-refractivity contribution in [1.29, 1.82) is 0 Å². The first-order valence-corrected chi connectivity index (χ1v) is 6.76. The van der Waals surface area contributed by atoms with E-state index in [0.717, 1.165) is 11.1 Å². The normalized spacial score (nSPS) is 12.0. The lowest BCUT2D eigenvalue weighted by Gasteiger charge is -2.13. The number of hydrogen-bond acceptors (Lipinski definition) is 2. The minimum absolute atomic E-state index is 0.0808. The molecule has 0 aromatic heterocycles. The van der Waals surface area contributed by atoms with Crippen LogP contribution < -0.4 is 5.32 Å². The predicted octanol–water partition coefficient (Wildman–Crippen LogP) is 2.91. The molecule has 2 N–H and O–H groups in total. The molecule has 110 valence electrons. The molecular weight excluding hydrogens is 269 g/mol. The average molecular weight is 287 g/mol. The minimum Gasteiger partial charge on any atom is -0.387 e. The Morgan fingerprint density at radius 1 is 1.14 bits per heavy atom. The average Bonchev–Trinajstić information content (AvgIpc) is 2.44. The topological polar surface area (TPSA) is 49.3 Å². The molecule has 0 saturated heterocycles. The van der Waals surface area contributed by atoms with Crippen LogP contribution in [0, 0.1) is 19.7 Å². The summed E-state index contributed by atoms with van der Waals surface area (Å²) in [6, 6.07) is 11.2. The molecule has 2 aromatic rings. The largest absolute Gasteiger partial charge is 0.387 e. The second kappa shape index (κ2) is 6.50. The van der Waals surface area contributed by atoms with Crippen LogP contribution in [0.25, 0.3) is 0 Å². The van der Waals surface area contributed by atoms with Gasteiger partial charge in [0.1, 0.15) is 5.82 Å². The van der Waals surface area contributed by atoms with Crippen molar-refractivity contribution in [2.75, 3.05) is 6.54 Å². The zero-order valence-electron chi connectivity index (χ0n) is 12.1. The standard InChI is InChI=1S/C17H18FNO2/c1-11-7-12(2)9-14(8-11)17(21)19-10-16(20)13-3-5-15(18)6-4-13/h3-9,16,20H,10H2,1-2H3,(H,19,21). The van der Waals surface area contributed by atoms with Gasteiger partial charge in [-0.2, -0.15) is 0 Å². The van der Waals surface area contributed by atoms with Crippen LogP contribution >= 0.6 is 0 Å². The summed E-state index contributed by atoms with van der Waals surface area (Å²) in [6.07, 6.45) is -0.861. The zero-order valence-corrected chi connectivity index (χ0v) is 12.1. The van der Waals surface area contributed by atoms with Crippen LogP contribution in [0.3, 0.4) is 0 Å². The molecule has 1 unspecified atom stereocenters. The highest BCUT2D eigenvalue weighted by atomic mass is 19.1. The number of aryl methyl sites for hydroxylation is 2. The summed E-state index contributed by atoms with van der Waals surface area (Å²) in [7, 11) is 0. The van der Waals surface area contributed by atoms with Gasteiger partial charge in [0, 0.05) is 12.1 Å². The van der Waals surface area contributed by atoms with Crippen molar-refractivity contribution in [3.05, 3.63) is 70.5 Å². The lowest BCUT2D eigenvalue weighted by atomic mass is 10.1. The van der Waals surface area contributed by atoms with Gasteiger partial charge in [-0.3, -0.25) is 4.79 Å². The summed E-state index contributed by atoms with van der Waals surface area (Å²) in [5, 5.41) is 12.7. The van der Waals surface area contributed by atoms with E-state index in [4.69, 9.17) is 0 Å². The fourth-order valence-corrected chi connectivity index (χ4v) is 2.20. The third kappa shape index (κ3) is 4.13. The molecule has 0 aliphatic rings. The Bertz CT molecular complexity index is 617. The van der Waals surface area contributed by atoms with E-state index in [-0.39, 0.29) is 18.3 Å². The number of aliphatic hydroxyl groups is 1. The first-order valence-electron chi connectivity index (χ1n) is 6.76. The minimum atomic E-state index is -0.861. The van der Waals surface area contributed by atoms with E-state index in [1.165, 1.54) is 24.3 Å². The Morgan fingerprint density at radius 3 is 2.29 bits per heavy atom. The molecule has 2 rings (SSSR count). The van der Waals surface area contributed by atoms with Gasteiger partial charge in [0.25, 0.3) is 5.91 Å². The quantitative estimate of drug-likeness (QED) is 0.908. The number of aliphatic hydroxyl groups excluding tert-OH is 1. The first kappa shape index (κ1) is 15.2. The molecule has 0 fully saturated rings. The highest BCUT2D eigenvalue weighted by Crippen LogP contribution is 2.13. The maximum atomic E-state index is 12.8. The predicted molar refractivity (Wildman–Crippen MR) is 79.6 cm³/mol. The van der Waals surface area contributed by atoms with Crippen molar-refractivity contribution in [2.24, 2.45) is 0 Å². The Morgan fingerprint density at radius 2 is 1.71 bits per heavy atom. The van der Waals surface area contributed by atoms with Gasteiger partial charge in [-0.05, 0) is 43.7 Å². The summed E-state index contributed by atoms with van der Waals surface area (Å²) in [6.45, 7) is 3.94. The molecule has 0 bridgehead atoms. The maximum Gasteiger partial charge on any atom is 0.251 e. The van der Waals surface area contributed by atoms with Crippen molar-refractivity contribution in [2.45, 2.75) is 20.0 Å². The summed E-state index contributed by atoms with van der Waals surface area (Å²) in [5.74, 6) is -0.590. The van der Waals surface area contributed by atoms with E-state index >= 15 is 0 Å². The molecule has 0 spiro atoms. The number of carbonyl (C=O) groups excluding carboxylic acids is 1. The number of carbonyl (C=O) groups is 1. The number of amides is 1. The van der Waals surface area contributed by atoms with Crippen molar-refractivity contribution in [3.8, 4) is 0 Å². The van der Waals surface area contributed by atoms with Crippen LogP contribution in [0.15, 0.2) is 42.5 Å². The first-order chi connectivity index (χ1) is 9.95. The lowest BCUT2D eigenvalue weighted by Crippen LogP contribution is -2.28. The maximum absolute atomic E-state index is 12.8. The number of rotatable bonds is 4. The zero-order chi connectivity index (χ0) is 15.4. The molecule has 0 radical (unpaired) electrons. The van der Waals surface area contributed by atoms with E-state index < -0.39 is 6.10 Å². The molecule has 0 aliphatic heterocycles. The summed E-state index contributed by atoms with van der Waals surface area (Å²) in [5.41, 5.74) is 3.16. The molecule has 1 atom stereocenters. The second-order valence-corrected chi connectivity index (χ2v) is 5.15. The van der Waals surface area contributed by atoms with Crippen LogP contribution in [0.2, 0.25) is 0 Å². The number of hydrogen-bond donors (Lipinski definition) is 2. The lowest BCUT2D eigenvalue weighted by molar-refractivity contribution is 0.0916. The molecule has 0 aliphatic carbocycles. The summed E-state index contributed by atoms with van der Waals surface area (Å²) < 4.78 is 12.8. The molecule has 2 aromatic carbocycles. The van der Waals surface area contributed by atoms with E-state index in [0.29, 0.717) is 11.1 Å². The van der Waals surface area contributed by atoms with E-state index in [1.54, 1.807) is 12.1 Å². The van der Waals surface area contributed by atoms with E-state index in [1.807, 2.05) is 19.9 Å². The number of nitrogens with one attached hydrogen (secondary N) is 1. The van der Waals surface area contributed by atoms with E-state index in [2.05, 4.69) is 5.32 Å². The van der Waals surface area contributed by atoms with Crippen LogP contribution in [0.1, 0.15) is 33.2 Å². The van der Waals surface area contributed by atoms with Crippen LogP contribution in [0.5, 0.6) is 0 Å². The van der Waals surface area contributed by atoms with Crippen LogP contribution in [-0.2, 0) is 0 Å². The van der Waals surface area contributed by atoms with Gasteiger partial charge < -0.3 is 10.4 Å². The monoisotopic (exact) mass is 287 g/mol. The van der Waals surface area contributed by atoms with Gasteiger partial charge in [0.15, 0.2) is 0 Å². The van der Waals surface area contributed by atoms with E-state index in [9.17, 15) is 14.3 Å². The SMILES string of the molecule is Cc1cc(C)cc(C(=O)NCC(O)c2ccc(F)cc2)c1. The molecule has 1 amide bonds. The Hall–Kier alpha value is -2.20. The second-order valence-electron chi connectivity index (χ2n) is 5.15. The van der Waals surface area contributed by atoms with Gasteiger partial charge in [0.05, 0.1) is 6.10 Å². The fraction of sp³-hybridized carbons (Fsp3) is 0.235. The smallest absolute Gasteiger partial charge is 0.251 e. The van der Waals surface area contributed by atoms with Crippen molar-refractivity contribution in [1.82, 2.24) is 5.32 Å².